The normalized spacial score (nSPS) is 19.5. The maximum atomic E-state index is 13.6. The van der Waals surface area contributed by atoms with Gasteiger partial charge in [0.05, 0.1) is 86.4 Å². The van der Waals surface area contributed by atoms with Gasteiger partial charge in [0.2, 0.25) is 17.7 Å². The molecule has 3 saturated heterocycles. The van der Waals surface area contributed by atoms with Crippen LogP contribution in [0.4, 0.5) is 4.79 Å². The van der Waals surface area contributed by atoms with Gasteiger partial charge in [0.25, 0.3) is 0 Å². The smallest absolute Gasteiger partial charge is 0.407 e. The number of aromatic nitrogens is 6. The number of terminal acetylenes is 2. The number of hydrogen-bond acceptors (Lipinski definition) is 12. The van der Waals surface area contributed by atoms with Gasteiger partial charge in [0.15, 0.2) is 0 Å². The minimum Gasteiger partial charge on any atom is -0.469 e. The number of benzene rings is 2. The highest BCUT2D eigenvalue weighted by Gasteiger charge is 2.43. The maximum Gasteiger partial charge on any atom is 0.407 e. The van der Waals surface area contributed by atoms with E-state index in [0.29, 0.717) is 54.5 Å². The Balaban J connectivity index is 0.000000297. The Bertz CT molecular complexity index is 3230. The third-order valence-electron chi connectivity index (χ3n) is 15.7. The summed E-state index contributed by atoms with van der Waals surface area (Å²) in [4.78, 5) is 105. The SMILES string of the molecule is C#Cc1ccc(C#C)cc1.COC(=O)C[C@H](C(=O)N1C[C@H](C)C[C@H]1c1ncc(C#Cc2ccc(C#Cc3cnc([C@@H]4C[C@@H](C)CN4C(=O)[C@@H](NC(=O)OC)C(C)C)[nH]3)cc2)[nH]1)C(C)C.COC(=O)C[C@H](C(=O)N1C[C@H](C)C[C@H]1c1ncc(I)[nH]1)C(C)C. The Morgan fingerprint density at radius 3 is 1.22 bits per heavy atom. The van der Waals surface area contributed by atoms with Crippen LogP contribution in [0.3, 0.4) is 0 Å². The first-order valence-corrected chi connectivity index (χ1v) is 30.4. The molecule has 19 nitrogen and oxygen atoms in total. The number of hydrogen-bond donors (Lipinski definition) is 4. The van der Waals surface area contributed by atoms with Gasteiger partial charge in [0.1, 0.15) is 34.9 Å². The molecule has 87 heavy (non-hydrogen) atoms. The largest absolute Gasteiger partial charge is 0.469 e. The van der Waals surface area contributed by atoms with Crippen molar-refractivity contribution in [3.8, 4) is 48.4 Å². The Morgan fingerprint density at radius 2 is 0.897 bits per heavy atom. The number of rotatable bonds is 14. The highest BCUT2D eigenvalue weighted by Crippen LogP contribution is 2.39. The van der Waals surface area contributed by atoms with Crippen LogP contribution in [-0.2, 0) is 38.2 Å². The molecule has 3 aromatic heterocycles. The highest BCUT2D eigenvalue weighted by atomic mass is 127. The molecule has 0 saturated carbocycles. The fraction of sp³-hybridized carbons (Fsp3) is 0.478. The lowest BCUT2D eigenvalue weighted by Crippen LogP contribution is -2.51. The van der Waals surface area contributed by atoms with E-state index in [1.54, 1.807) is 23.5 Å². The second-order valence-electron chi connectivity index (χ2n) is 23.6. The van der Waals surface area contributed by atoms with Crippen LogP contribution in [0.2, 0.25) is 0 Å². The third-order valence-corrected chi connectivity index (χ3v) is 16.3. The van der Waals surface area contributed by atoms with E-state index in [1.165, 1.54) is 21.3 Å². The van der Waals surface area contributed by atoms with Gasteiger partial charge in [-0.3, -0.25) is 24.0 Å². The average molecular weight is 1300 g/mol. The molecular weight excluding hydrogens is 1220 g/mol. The first-order valence-electron chi connectivity index (χ1n) is 29.3. The number of likely N-dealkylation sites (tertiary alicyclic amines) is 3. The highest BCUT2D eigenvalue weighted by molar-refractivity contribution is 14.1. The molecule has 20 heteroatoms. The molecule has 3 aliphatic rings. The molecule has 0 bridgehead atoms. The number of esters is 2. The summed E-state index contributed by atoms with van der Waals surface area (Å²) >= 11 is 2.18. The molecule has 4 N–H and O–H groups in total. The predicted molar refractivity (Wildman–Crippen MR) is 338 cm³/mol. The van der Waals surface area contributed by atoms with E-state index < -0.39 is 24.0 Å². The van der Waals surface area contributed by atoms with E-state index in [0.717, 1.165) is 51.0 Å². The second-order valence-corrected chi connectivity index (χ2v) is 24.7. The molecule has 0 aliphatic carbocycles. The van der Waals surface area contributed by atoms with Crippen LogP contribution in [0.25, 0.3) is 0 Å². The van der Waals surface area contributed by atoms with E-state index in [4.69, 9.17) is 27.1 Å². The van der Waals surface area contributed by atoms with Crippen LogP contribution < -0.4 is 5.32 Å². The monoisotopic (exact) mass is 1300 g/mol. The summed E-state index contributed by atoms with van der Waals surface area (Å²) in [6.07, 6.45) is 17.3. The van der Waals surface area contributed by atoms with Crippen LogP contribution in [0.15, 0.2) is 67.1 Å². The number of carbonyl (C=O) groups excluding carboxylic acids is 6. The first-order chi connectivity index (χ1) is 41.5. The summed E-state index contributed by atoms with van der Waals surface area (Å²) in [7, 11) is 3.98. The Labute approximate surface area is 525 Å². The number of nitrogens with one attached hydrogen (secondary N) is 4. The van der Waals surface area contributed by atoms with Crippen LogP contribution in [0.5, 0.6) is 0 Å². The van der Waals surface area contributed by atoms with E-state index in [2.05, 4.69) is 114 Å². The minimum atomic E-state index is -0.711. The molecule has 4 amide bonds. The van der Waals surface area contributed by atoms with E-state index in [-0.39, 0.29) is 84.2 Å². The zero-order valence-corrected chi connectivity index (χ0v) is 54.0. The zero-order valence-electron chi connectivity index (χ0n) is 51.8. The third kappa shape index (κ3) is 18.6. The van der Waals surface area contributed by atoms with E-state index >= 15 is 0 Å². The number of halogens is 1. The van der Waals surface area contributed by atoms with Gasteiger partial charge in [-0.1, -0.05) is 86.0 Å². The standard InChI is InChI=1S/C41H51N7O6.C16H24IN3O3.C10H6/c1-24(2)32(19-35(49)53-7)39(50)47-22-26(5)17-33(47)37-42-20-30(44-37)15-13-28-9-11-29(12-10-28)14-16-31-21-43-38(45-31)34-18-27(6)23-48(34)40(51)36(25(3)4)46-41(52)54-8;1-9(2)11(6-14(21)23-4)16(22)20-8-10(3)5-12(20)15-18-7-13(17)19-15;1-3-9-5-7-10(4-2)8-6-9/h9-12,20-21,24-27,32-34,36H,17-19,22-23H2,1-8H3,(H,42,44)(H,43,45)(H,46,52);7,9-12H,5-6,8H2,1-4H3,(H,18,19);1-2,5-8H/t26-,27-,32+,33+,34+,36+;10-,11+,12+;/m11./s1. The minimum absolute atomic E-state index is 0.0135. The lowest BCUT2D eigenvalue weighted by Gasteiger charge is -2.30. The van der Waals surface area contributed by atoms with E-state index in [1.807, 2.05) is 99.9 Å². The van der Waals surface area contributed by atoms with Crippen molar-refractivity contribution in [2.45, 2.75) is 119 Å². The van der Waals surface area contributed by atoms with Crippen molar-refractivity contribution >= 4 is 58.3 Å². The van der Waals surface area contributed by atoms with Crippen LogP contribution >= 0.6 is 22.6 Å². The van der Waals surface area contributed by atoms with Gasteiger partial charge in [-0.05, 0) is 138 Å². The molecule has 460 valence electrons. The molecule has 0 spiro atoms. The molecule has 8 rings (SSSR count). The lowest BCUT2D eigenvalue weighted by atomic mass is 9.91. The molecular formula is C67H81IN10O9. The van der Waals surface area contributed by atoms with Crippen molar-refractivity contribution < 1.29 is 43.0 Å². The quantitative estimate of drug-likeness (QED) is 0.0352. The molecule has 3 fully saturated rings. The molecule has 0 unspecified atom stereocenters. The van der Waals surface area contributed by atoms with Crippen molar-refractivity contribution in [1.29, 1.82) is 0 Å². The number of H-pyrrole nitrogens is 3. The van der Waals surface area contributed by atoms with Crippen LogP contribution in [-0.4, -0.2) is 127 Å². The van der Waals surface area contributed by atoms with Crippen molar-refractivity contribution in [2.75, 3.05) is 41.0 Å². The summed E-state index contributed by atoms with van der Waals surface area (Å²) in [5.74, 6) is 19.0. The number of nitrogens with zero attached hydrogens (tertiary/aromatic N) is 6. The summed E-state index contributed by atoms with van der Waals surface area (Å²) in [6.45, 7) is 19.8. The maximum absolute atomic E-state index is 13.6. The van der Waals surface area contributed by atoms with Gasteiger partial charge < -0.3 is 49.2 Å². The Hall–Kier alpha value is -8.34. The second kappa shape index (κ2) is 31.9. The zero-order chi connectivity index (χ0) is 63.6. The molecule has 0 radical (unpaired) electrons. The Kier molecular flexibility index (Phi) is 24.8. The molecule has 9 atom stereocenters. The Morgan fingerprint density at radius 1 is 0.540 bits per heavy atom. The first kappa shape index (κ1) is 67.8. The molecule has 2 aromatic carbocycles. The fourth-order valence-electron chi connectivity index (χ4n) is 10.9. The number of aromatic amines is 3. The molecule has 3 aliphatic heterocycles. The topological polar surface area (TPSA) is 238 Å². The average Bonchev–Trinajstić information content (AvgIpc) is 3.17. The van der Waals surface area contributed by atoms with Gasteiger partial charge >= 0.3 is 18.0 Å². The van der Waals surface area contributed by atoms with Crippen molar-refractivity contribution in [1.82, 2.24) is 49.9 Å². The van der Waals surface area contributed by atoms with Crippen molar-refractivity contribution in [3.63, 3.8) is 0 Å². The van der Waals surface area contributed by atoms with E-state index in [9.17, 15) is 28.8 Å². The van der Waals surface area contributed by atoms with Crippen molar-refractivity contribution in [3.05, 3.63) is 122 Å². The number of amides is 4. The lowest BCUT2D eigenvalue weighted by molar-refractivity contribution is -0.148. The molecule has 5 aromatic rings. The predicted octanol–water partition coefficient (Wildman–Crippen LogP) is 9.38. The van der Waals surface area contributed by atoms with Crippen molar-refractivity contribution in [2.24, 2.45) is 47.3 Å². The van der Waals surface area contributed by atoms with Crippen LogP contribution in [0.1, 0.15) is 164 Å². The number of ether oxygens (including phenoxy) is 3. The van der Waals surface area contributed by atoms with Gasteiger partial charge in [0, 0.05) is 41.9 Å². The number of methoxy groups -OCH3 is 3. The van der Waals surface area contributed by atoms with Crippen LogP contribution in [0, 0.1) is 99.4 Å². The summed E-state index contributed by atoms with van der Waals surface area (Å²) in [5, 5.41) is 2.68. The summed E-state index contributed by atoms with van der Waals surface area (Å²) in [6, 6.07) is 13.7. The number of carbonyl (C=O) groups is 6. The summed E-state index contributed by atoms with van der Waals surface area (Å²) in [5.41, 5.74) is 4.59. The number of alkyl carbamates (subject to hydrolysis) is 1. The van der Waals surface area contributed by atoms with Gasteiger partial charge in [-0.2, -0.15) is 0 Å². The van der Waals surface area contributed by atoms with Gasteiger partial charge in [-0.15, -0.1) is 12.8 Å². The fourth-order valence-corrected chi connectivity index (χ4v) is 11.3. The number of imidazole rings is 3. The summed E-state index contributed by atoms with van der Waals surface area (Å²) < 4.78 is 15.3. The van der Waals surface area contributed by atoms with Gasteiger partial charge in [-0.25, -0.2) is 19.7 Å². The molecule has 6 heterocycles.